The second-order valence-electron chi connectivity index (χ2n) is 5.74. The molecule has 1 aliphatic rings. The lowest BCUT2D eigenvalue weighted by molar-refractivity contribution is 0.321. The molecule has 7 heteroatoms. The van der Waals surface area contributed by atoms with E-state index < -0.39 is 0 Å². The lowest BCUT2D eigenvalue weighted by atomic mass is 10.1. The molecule has 0 aliphatic carbocycles. The average molecular weight is 368 g/mol. The van der Waals surface area contributed by atoms with E-state index in [4.69, 9.17) is 14.2 Å². The first-order chi connectivity index (χ1) is 12.2. The number of ether oxygens (including phenoxy) is 3. The van der Waals surface area contributed by atoms with Crippen molar-refractivity contribution in [3.8, 4) is 17.2 Å². The van der Waals surface area contributed by atoms with Crippen molar-refractivity contribution in [1.29, 1.82) is 0 Å². The summed E-state index contributed by atoms with van der Waals surface area (Å²) in [5, 5.41) is 4.12. The average Bonchev–Trinajstić information content (AvgIpc) is 2.67. The fourth-order valence-corrected chi connectivity index (χ4v) is 4.15. The van der Waals surface area contributed by atoms with Gasteiger partial charge in [-0.15, -0.1) is 0 Å². The highest BCUT2D eigenvalue weighted by molar-refractivity contribution is 8.00. The van der Waals surface area contributed by atoms with Crippen molar-refractivity contribution in [2.45, 2.75) is 25.1 Å². The molecule has 0 amide bonds. The lowest BCUT2D eigenvalue weighted by Gasteiger charge is -2.34. The molecule has 1 aromatic carbocycles. The number of nitrogens with one attached hydrogen (secondary N) is 1. The predicted molar refractivity (Wildman–Crippen MR) is 104 cm³/mol. The van der Waals surface area contributed by atoms with Crippen LogP contribution in [0.3, 0.4) is 0 Å². The first-order valence-electron chi connectivity index (χ1n) is 8.53. The molecule has 2 rings (SSSR count). The lowest BCUT2D eigenvalue weighted by Crippen LogP contribution is -2.47. The molecule has 1 aliphatic heterocycles. The van der Waals surface area contributed by atoms with Crippen LogP contribution >= 0.6 is 11.8 Å². The number of hydrogen-bond acceptors (Lipinski definition) is 5. The molecule has 1 atom stereocenters. The Morgan fingerprint density at radius 2 is 2.00 bits per heavy atom. The molecular weight excluding hydrogens is 338 g/mol. The Morgan fingerprint density at radius 3 is 2.60 bits per heavy atom. The van der Waals surface area contributed by atoms with Crippen molar-refractivity contribution < 1.29 is 14.2 Å². The van der Waals surface area contributed by atoms with E-state index in [1.807, 2.05) is 30.9 Å². The highest BCUT2D eigenvalue weighted by Crippen LogP contribution is 2.39. The van der Waals surface area contributed by atoms with Crippen molar-refractivity contribution in [2.24, 2.45) is 4.99 Å². The first-order valence-corrected chi connectivity index (χ1v) is 9.58. The monoisotopic (exact) mass is 367 g/mol. The zero-order valence-corrected chi connectivity index (χ0v) is 16.6. The van der Waals surface area contributed by atoms with E-state index >= 15 is 0 Å². The Balaban J connectivity index is 2.11. The molecule has 0 aromatic heterocycles. The fourth-order valence-electron chi connectivity index (χ4n) is 2.97. The Kier molecular flexibility index (Phi) is 7.55. The molecule has 1 N–H and O–H groups in total. The zero-order chi connectivity index (χ0) is 18.2. The maximum absolute atomic E-state index is 5.55. The molecule has 0 bridgehead atoms. The third kappa shape index (κ3) is 4.66. The molecule has 0 saturated carbocycles. The molecule has 1 saturated heterocycles. The van der Waals surface area contributed by atoms with Crippen LogP contribution in [0.5, 0.6) is 17.2 Å². The molecule has 1 unspecified atom stereocenters. The third-order valence-electron chi connectivity index (χ3n) is 4.33. The second-order valence-corrected chi connectivity index (χ2v) is 7.15. The maximum atomic E-state index is 5.55. The highest BCUT2D eigenvalue weighted by Gasteiger charge is 2.22. The van der Waals surface area contributed by atoms with Crippen LogP contribution in [0, 0.1) is 0 Å². The van der Waals surface area contributed by atoms with Gasteiger partial charge in [-0.2, -0.15) is 11.8 Å². The van der Waals surface area contributed by atoms with Gasteiger partial charge in [0.15, 0.2) is 17.5 Å². The summed E-state index contributed by atoms with van der Waals surface area (Å²) in [4.78, 5) is 6.78. The zero-order valence-electron chi connectivity index (χ0n) is 15.8. The summed E-state index contributed by atoms with van der Waals surface area (Å²) in [5.41, 5.74) is 1.000. The summed E-state index contributed by atoms with van der Waals surface area (Å²) in [6, 6.07) is 3.88. The van der Waals surface area contributed by atoms with E-state index in [1.165, 1.54) is 6.42 Å². The Bertz CT molecular complexity index is 595. The van der Waals surface area contributed by atoms with Gasteiger partial charge in [0.2, 0.25) is 5.75 Å². The van der Waals surface area contributed by atoms with Gasteiger partial charge in [0.25, 0.3) is 0 Å². The molecular formula is C18H29N3O3S. The van der Waals surface area contributed by atoms with Gasteiger partial charge in [-0.1, -0.05) is 6.92 Å². The summed E-state index contributed by atoms with van der Waals surface area (Å²) in [6.45, 7) is 4.90. The maximum Gasteiger partial charge on any atom is 0.203 e. The van der Waals surface area contributed by atoms with Crippen LogP contribution < -0.4 is 19.5 Å². The quantitative estimate of drug-likeness (QED) is 0.616. The minimum absolute atomic E-state index is 0.608. The summed E-state index contributed by atoms with van der Waals surface area (Å²) in [5.74, 6) is 4.02. The van der Waals surface area contributed by atoms with Crippen LogP contribution in [0.2, 0.25) is 0 Å². The topological polar surface area (TPSA) is 55.3 Å². The molecule has 140 valence electrons. The van der Waals surface area contributed by atoms with Crippen LogP contribution in [0.1, 0.15) is 18.9 Å². The standard InChI is InChI=1S/C18H29N3O3S/c1-6-14-12-21(9-10-25-14)18(19-2)20-11-13-7-8-15(22-3)17(24-5)16(13)23-4/h7-8,14H,6,9-12H2,1-5H3,(H,19,20). The minimum Gasteiger partial charge on any atom is -0.493 e. The summed E-state index contributed by atoms with van der Waals surface area (Å²) in [6.07, 6.45) is 1.18. The number of thioether (sulfide) groups is 1. The van der Waals surface area contributed by atoms with Gasteiger partial charge >= 0.3 is 0 Å². The molecule has 6 nitrogen and oxygen atoms in total. The van der Waals surface area contributed by atoms with Gasteiger partial charge in [-0.3, -0.25) is 4.99 Å². The molecule has 0 spiro atoms. The first kappa shape index (κ1) is 19.6. The molecule has 0 radical (unpaired) electrons. The van der Waals surface area contributed by atoms with Crippen LogP contribution in [0.15, 0.2) is 17.1 Å². The van der Waals surface area contributed by atoms with Crippen LogP contribution in [-0.2, 0) is 6.54 Å². The Hall–Kier alpha value is -1.76. The van der Waals surface area contributed by atoms with Gasteiger partial charge in [-0.05, 0) is 18.6 Å². The normalized spacial score (nSPS) is 18.0. The van der Waals surface area contributed by atoms with Crippen molar-refractivity contribution in [3.63, 3.8) is 0 Å². The third-order valence-corrected chi connectivity index (χ3v) is 5.70. The fraction of sp³-hybridized carbons (Fsp3) is 0.611. The molecule has 1 fully saturated rings. The van der Waals surface area contributed by atoms with E-state index in [-0.39, 0.29) is 0 Å². The van der Waals surface area contributed by atoms with E-state index in [0.717, 1.165) is 30.4 Å². The Morgan fingerprint density at radius 1 is 1.24 bits per heavy atom. The van der Waals surface area contributed by atoms with Crippen LogP contribution in [0.4, 0.5) is 0 Å². The van der Waals surface area contributed by atoms with E-state index in [2.05, 4.69) is 22.1 Å². The van der Waals surface area contributed by atoms with E-state index in [9.17, 15) is 0 Å². The van der Waals surface area contributed by atoms with E-state index in [0.29, 0.717) is 29.0 Å². The molecule has 1 aromatic rings. The number of aliphatic imine (C=N–C) groups is 1. The van der Waals surface area contributed by atoms with E-state index in [1.54, 1.807) is 21.3 Å². The highest BCUT2D eigenvalue weighted by atomic mass is 32.2. The van der Waals surface area contributed by atoms with Gasteiger partial charge in [0, 0.05) is 43.2 Å². The number of methoxy groups -OCH3 is 3. The van der Waals surface area contributed by atoms with Crippen molar-refractivity contribution in [3.05, 3.63) is 17.7 Å². The number of hydrogen-bond donors (Lipinski definition) is 1. The van der Waals surface area contributed by atoms with Gasteiger partial charge in [-0.25, -0.2) is 0 Å². The smallest absolute Gasteiger partial charge is 0.203 e. The second kappa shape index (κ2) is 9.65. The van der Waals surface area contributed by atoms with Crippen LogP contribution in [-0.4, -0.2) is 63.3 Å². The summed E-state index contributed by atoms with van der Waals surface area (Å²) >= 11 is 2.05. The van der Waals surface area contributed by atoms with Crippen molar-refractivity contribution >= 4 is 17.7 Å². The number of benzene rings is 1. The molecule has 25 heavy (non-hydrogen) atoms. The predicted octanol–water partition coefficient (Wildman–Crippen LogP) is 2.62. The van der Waals surface area contributed by atoms with Crippen LogP contribution in [0.25, 0.3) is 0 Å². The van der Waals surface area contributed by atoms with Gasteiger partial charge < -0.3 is 24.4 Å². The Labute approximate surface area is 154 Å². The largest absolute Gasteiger partial charge is 0.493 e. The van der Waals surface area contributed by atoms with Crippen molar-refractivity contribution in [1.82, 2.24) is 10.2 Å². The minimum atomic E-state index is 0.608. The SMILES string of the molecule is CCC1CN(C(=NC)NCc2ccc(OC)c(OC)c2OC)CCS1. The summed E-state index contributed by atoms with van der Waals surface area (Å²) < 4.78 is 16.3. The molecule has 1 heterocycles. The van der Waals surface area contributed by atoms with Crippen molar-refractivity contribution in [2.75, 3.05) is 47.2 Å². The number of guanidine groups is 1. The number of nitrogens with zero attached hydrogens (tertiary/aromatic N) is 2. The number of rotatable bonds is 6. The van der Waals surface area contributed by atoms with Gasteiger partial charge in [0.1, 0.15) is 0 Å². The van der Waals surface area contributed by atoms with Gasteiger partial charge in [0.05, 0.1) is 21.3 Å². The summed E-state index contributed by atoms with van der Waals surface area (Å²) in [7, 11) is 6.71.